The lowest BCUT2D eigenvalue weighted by atomic mass is 10.0. The van der Waals surface area contributed by atoms with Crippen molar-refractivity contribution in [2.24, 2.45) is 5.92 Å². The normalized spacial score (nSPS) is 20.8. The van der Waals surface area contributed by atoms with E-state index in [9.17, 15) is 18.0 Å². The number of nitrogens with one attached hydrogen (secondary N) is 1. The summed E-state index contributed by atoms with van der Waals surface area (Å²) in [4.78, 5) is 26.1. The van der Waals surface area contributed by atoms with E-state index < -0.39 is 10.0 Å². The fraction of sp³-hybridized carbons (Fsp3) is 0.579. The average Bonchev–Trinajstić information content (AvgIpc) is 2.81. The Kier molecular flexibility index (Phi) is 5.86. The van der Waals surface area contributed by atoms with E-state index in [0.717, 1.165) is 22.7 Å². The molecular weight excluding hydrogens is 366 g/mol. The van der Waals surface area contributed by atoms with Crippen molar-refractivity contribution in [1.29, 1.82) is 0 Å². The summed E-state index contributed by atoms with van der Waals surface area (Å²) in [6, 6.07) is 4.73. The number of nitrogens with zero attached hydrogens (tertiary/aromatic N) is 2. The molecule has 2 aliphatic heterocycles. The maximum Gasteiger partial charge on any atom is 0.243 e. The minimum atomic E-state index is -3.77. The molecule has 7 nitrogen and oxygen atoms in total. The summed E-state index contributed by atoms with van der Waals surface area (Å²) in [5.74, 6) is 0.238. The van der Waals surface area contributed by atoms with Crippen molar-refractivity contribution in [3.63, 3.8) is 0 Å². The average molecular weight is 394 g/mol. The van der Waals surface area contributed by atoms with E-state index in [-0.39, 0.29) is 23.3 Å². The van der Waals surface area contributed by atoms with Crippen molar-refractivity contribution in [2.75, 3.05) is 32.0 Å². The minimum Gasteiger partial charge on any atom is -0.341 e. The highest BCUT2D eigenvalue weighted by Gasteiger charge is 2.28. The molecule has 1 saturated heterocycles. The lowest BCUT2D eigenvalue weighted by Gasteiger charge is -2.32. The van der Waals surface area contributed by atoms with Gasteiger partial charge in [-0.3, -0.25) is 9.59 Å². The van der Waals surface area contributed by atoms with Crippen LogP contribution >= 0.6 is 0 Å². The van der Waals surface area contributed by atoms with Crippen LogP contribution in [0.15, 0.2) is 23.1 Å². The topological polar surface area (TPSA) is 86.8 Å². The van der Waals surface area contributed by atoms with Crippen LogP contribution in [-0.4, -0.2) is 56.1 Å². The molecule has 2 heterocycles. The van der Waals surface area contributed by atoms with Gasteiger partial charge in [0.1, 0.15) is 0 Å². The lowest BCUT2D eigenvalue weighted by Crippen LogP contribution is -2.45. The second-order valence-electron chi connectivity index (χ2n) is 7.57. The van der Waals surface area contributed by atoms with E-state index in [4.69, 9.17) is 0 Å². The van der Waals surface area contributed by atoms with E-state index in [1.54, 1.807) is 17.0 Å². The zero-order valence-corrected chi connectivity index (χ0v) is 16.7. The summed E-state index contributed by atoms with van der Waals surface area (Å²) < 4.78 is 27.0. The molecule has 0 unspecified atom stereocenters. The van der Waals surface area contributed by atoms with E-state index in [1.807, 2.05) is 0 Å². The van der Waals surface area contributed by atoms with Gasteiger partial charge in [-0.05, 0) is 55.4 Å². The standard InChI is InChI=1S/C19H27N3O4S/c1-14-5-4-10-22(12-14)19(24)13-21(2)27(25,26)16-8-9-17-15(11-16)6-3-7-18(23)20-17/h8-9,11,14H,3-7,10,12-13H2,1-2H3,(H,20,23)/t14-/m1/s1. The Balaban J connectivity index is 1.74. The van der Waals surface area contributed by atoms with Gasteiger partial charge in [-0.15, -0.1) is 0 Å². The van der Waals surface area contributed by atoms with Gasteiger partial charge in [0, 0.05) is 32.2 Å². The van der Waals surface area contributed by atoms with Crippen molar-refractivity contribution in [3.8, 4) is 0 Å². The molecule has 0 aromatic heterocycles. The number of carbonyl (C=O) groups is 2. The number of rotatable bonds is 4. The fourth-order valence-corrected chi connectivity index (χ4v) is 4.85. The molecule has 0 aliphatic carbocycles. The van der Waals surface area contributed by atoms with Crippen LogP contribution in [0.2, 0.25) is 0 Å². The molecule has 0 saturated carbocycles. The first-order valence-electron chi connectivity index (χ1n) is 9.44. The van der Waals surface area contributed by atoms with Crippen molar-refractivity contribution >= 4 is 27.5 Å². The van der Waals surface area contributed by atoms with Gasteiger partial charge in [-0.1, -0.05) is 6.92 Å². The van der Waals surface area contributed by atoms with Gasteiger partial charge in [0.25, 0.3) is 0 Å². The van der Waals surface area contributed by atoms with Crippen molar-refractivity contribution < 1.29 is 18.0 Å². The zero-order chi connectivity index (χ0) is 19.6. The molecule has 1 fully saturated rings. The van der Waals surface area contributed by atoms with Crippen molar-refractivity contribution in [1.82, 2.24) is 9.21 Å². The SMILES string of the molecule is C[C@@H]1CCCN(C(=O)CN(C)S(=O)(=O)c2ccc3c(c2)CCCC(=O)N3)C1. The number of carbonyl (C=O) groups excluding carboxylic acids is 2. The van der Waals surface area contributed by atoms with Crippen LogP contribution in [0.3, 0.4) is 0 Å². The maximum atomic E-state index is 12.9. The Bertz CT molecular complexity index is 837. The number of fused-ring (bicyclic) bond motifs is 1. The summed E-state index contributed by atoms with van der Waals surface area (Å²) in [6.45, 7) is 3.32. The summed E-state index contributed by atoms with van der Waals surface area (Å²) in [7, 11) is -2.33. The summed E-state index contributed by atoms with van der Waals surface area (Å²) in [6.07, 6.45) is 3.82. The van der Waals surface area contributed by atoms with Crippen molar-refractivity contribution in [2.45, 2.75) is 43.9 Å². The molecule has 0 radical (unpaired) electrons. The van der Waals surface area contributed by atoms with Crippen LogP contribution in [0.4, 0.5) is 5.69 Å². The Morgan fingerprint density at radius 1 is 1.30 bits per heavy atom. The first kappa shape index (κ1) is 19.8. The second kappa shape index (κ2) is 7.98. The quantitative estimate of drug-likeness (QED) is 0.846. The number of amides is 2. The van der Waals surface area contributed by atoms with Crippen LogP contribution in [-0.2, 0) is 26.0 Å². The third-order valence-electron chi connectivity index (χ3n) is 5.28. The summed E-state index contributed by atoms with van der Waals surface area (Å²) in [5.41, 5.74) is 1.48. The van der Waals surface area contributed by atoms with Gasteiger partial charge < -0.3 is 10.2 Å². The van der Waals surface area contributed by atoms with Crippen LogP contribution in [0.5, 0.6) is 0 Å². The molecule has 1 aromatic carbocycles. The number of sulfonamides is 1. The first-order valence-corrected chi connectivity index (χ1v) is 10.9. The molecule has 0 spiro atoms. The minimum absolute atomic E-state index is 0.0529. The smallest absolute Gasteiger partial charge is 0.243 e. The molecule has 1 aromatic rings. The molecule has 148 valence electrons. The van der Waals surface area contributed by atoms with E-state index in [2.05, 4.69) is 12.2 Å². The number of aryl methyl sites for hydroxylation is 1. The number of hydrogen-bond donors (Lipinski definition) is 1. The third-order valence-corrected chi connectivity index (χ3v) is 7.08. The Hall–Kier alpha value is -1.93. The van der Waals surface area contributed by atoms with Gasteiger partial charge in [0.05, 0.1) is 11.4 Å². The van der Waals surface area contributed by atoms with E-state index >= 15 is 0 Å². The molecule has 1 atom stereocenters. The van der Waals surface area contributed by atoms with Gasteiger partial charge in [-0.2, -0.15) is 4.31 Å². The first-order chi connectivity index (χ1) is 12.8. The highest BCUT2D eigenvalue weighted by molar-refractivity contribution is 7.89. The van der Waals surface area contributed by atoms with Crippen LogP contribution in [0, 0.1) is 5.92 Å². The Morgan fingerprint density at radius 3 is 2.81 bits per heavy atom. The van der Waals surface area contributed by atoms with Gasteiger partial charge >= 0.3 is 0 Å². The van der Waals surface area contributed by atoms with Crippen LogP contribution in [0.1, 0.15) is 38.2 Å². The molecule has 3 rings (SSSR count). The second-order valence-corrected chi connectivity index (χ2v) is 9.61. The molecule has 8 heteroatoms. The molecule has 2 amide bonds. The number of anilines is 1. The molecule has 0 bridgehead atoms. The Labute approximate surface area is 160 Å². The monoisotopic (exact) mass is 393 g/mol. The predicted octanol–water partition coefficient (Wildman–Crippen LogP) is 1.84. The number of hydrogen-bond acceptors (Lipinski definition) is 4. The maximum absolute atomic E-state index is 12.9. The summed E-state index contributed by atoms with van der Waals surface area (Å²) in [5, 5.41) is 2.80. The van der Waals surface area contributed by atoms with Crippen LogP contribution < -0.4 is 5.32 Å². The third kappa shape index (κ3) is 4.50. The van der Waals surface area contributed by atoms with Gasteiger partial charge in [0.15, 0.2) is 0 Å². The fourth-order valence-electron chi connectivity index (χ4n) is 3.68. The predicted molar refractivity (Wildman–Crippen MR) is 103 cm³/mol. The van der Waals surface area contributed by atoms with E-state index in [0.29, 0.717) is 44.0 Å². The molecular formula is C19H27N3O4S. The number of likely N-dealkylation sites (tertiary alicyclic amines) is 1. The highest BCUT2D eigenvalue weighted by Crippen LogP contribution is 2.26. The number of piperidine rings is 1. The van der Waals surface area contributed by atoms with Gasteiger partial charge in [0.2, 0.25) is 21.8 Å². The Morgan fingerprint density at radius 2 is 2.07 bits per heavy atom. The molecule has 1 N–H and O–H groups in total. The largest absolute Gasteiger partial charge is 0.341 e. The van der Waals surface area contributed by atoms with Crippen molar-refractivity contribution in [3.05, 3.63) is 23.8 Å². The molecule has 2 aliphatic rings. The van der Waals surface area contributed by atoms with E-state index in [1.165, 1.54) is 13.1 Å². The zero-order valence-electron chi connectivity index (χ0n) is 15.9. The molecule has 27 heavy (non-hydrogen) atoms. The highest BCUT2D eigenvalue weighted by atomic mass is 32.2. The number of benzene rings is 1. The summed E-state index contributed by atoms with van der Waals surface area (Å²) >= 11 is 0. The van der Waals surface area contributed by atoms with Gasteiger partial charge in [-0.25, -0.2) is 8.42 Å². The van der Waals surface area contributed by atoms with Crippen LogP contribution in [0.25, 0.3) is 0 Å². The number of likely N-dealkylation sites (N-methyl/N-ethyl adjacent to an activating group) is 1. The lowest BCUT2D eigenvalue weighted by molar-refractivity contribution is -0.132.